The number of aromatic nitrogens is 2. The zero-order valence-electron chi connectivity index (χ0n) is 16.0. The minimum atomic E-state index is -4.81. The lowest BCUT2D eigenvalue weighted by Gasteiger charge is -2.20. The molecule has 2 aromatic rings. The van der Waals surface area contributed by atoms with Gasteiger partial charge in [-0.3, -0.25) is 4.79 Å². The molecule has 0 spiro atoms. The molecule has 1 aliphatic heterocycles. The molecule has 1 fully saturated rings. The Hall–Kier alpha value is -2.84. The van der Waals surface area contributed by atoms with Crippen molar-refractivity contribution >= 4 is 11.9 Å². The molecule has 0 aliphatic carbocycles. The Morgan fingerprint density at radius 3 is 2.24 bits per heavy atom. The van der Waals surface area contributed by atoms with Crippen LogP contribution in [0.3, 0.4) is 0 Å². The summed E-state index contributed by atoms with van der Waals surface area (Å²) in [5, 5.41) is 3.73. The van der Waals surface area contributed by atoms with Crippen molar-refractivity contribution in [3.8, 4) is 5.69 Å². The van der Waals surface area contributed by atoms with Crippen LogP contribution in [0.15, 0.2) is 30.5 Å². The van der Waals surface area contributed by atoms with E-state index in [4.69, 9.17) is 4.74 Å². The molecule has 1 aromatic heterocycles. The molecule has 0 bridgehead atoms. The normalized spacial score (nSPS) is 15.1. The Morgan fingerprint density at radius 2 is 1.69 bits per heavy atom. The summed E-state index contributed by atoms with van der Waals surface area (Å²) in [6, 6.07) is 5.74. The van der Waals surface area contributed by atoms with Crippen molar-refractivity contribution in [1.29, 1.82) is 0 Å². The third kappa shape index (κ3) is 4.60. The Kier molecular flexibility index (Phi) is 6.24. The quantitative estimate of drug-likeness (QED) is 0.714. The Bertz CT molecular complexity index is 867. The lowest BCUT2D eigenvalue weighted by atomic mass is 10.1. The van der Waals surface area contributed by atoms with E-state index in [0.29, 0.717) is 23.3 Å². The molecule has 2 heterocycles. The molecule has 9 heteroatoms. The average molecular weight is 409 g/mol. The van der Waals surface area contributed by atoms with Crippen molar-refractivity contribution in [2.45, 2.75) is 38.8 Å². The number of esters is 1. The van der Waals surface area contributed by atoms with Crippen LogP contribution in [0.25, 0.3) is 5.69 Å². The van der Waals surface area contributed by atoms with Crippen LogP contribution in [-0.2, 0) is 10.9 Å². The van der Waals surface area contributed by atoms with Crippen molar-refractivity contribution in [1.82, 2.24) is 14.7 Å². The van der Waals surface area contributed by atoms with Gasteiger partial charge in [-0.2, -0.15) is 18.3 Å². The molecule has 0 N–H and O–H groups in total. The second-order valence-electron chi connectivity index (χ2n) is 6.79. The second-order valence-corrected chi connectivity index (χ2v) is 6.79. The summed E-state index contributed by atoms with van der Waals surface area (Å²) in [5.74, 6) is -1.22. The van der Waals surface area contributed by atoms with Crippen LogP contribution >= 0.6 is 0 Å². The van der Waals surface area contributed by atoms with Gasteiger partial charge in [0.05, 0.1) is 18.5 Å². The molecule has 1 aliphatic rings. The van der Waals surface area contributed by atoms with Crippen molar-refractivity contribution in [2.24, 2.45) is 0 Å². The van der Waals surface area contributed by atoms with E-state index in [9.17, 15) is 22.8 Å². The number of benzene rings is 1. The molecule has 0 atom stereocenters. The van der Waals surface area contributed by atoms with Gasteiger partial charge in [0.1, 0.15) is 5.56 Å². The number of likely N-dealkylation sites (tertiary alicyclic amines) is 1. The molecule has 0 unspecified atom stereocenters. The highest BCUT2D eigenvalue weighted by Crippen LogP contribution is 2.34. The zero-order chi connectivity index (χ0) is 21.0. The molecule has 1 saturated heterocycles. The van der Waals surface area contributed by atoms with E-state index in [1.165, 1.54) is 31.2 Å². The Labute approximate surface area is 166 Å². The van der Waals surface area contributed by atoms with Crippen LogP contribution in [0.1, 0.15) is 59.0 Å². The number of halogens is 3. The largest absolute Gasteiger partial charge is 0.462 e. The zero-order valence-corrected chi connectivity index (χ0v) is 16.0. The van der Waals surface area contributed by atoms with Crippen LogP contribution in [-0.4, -0.2) is 46.3 Å². The molecule has 3 rings (SSSR count). The number of carbonyl (C=O) groups is 2. The number of alkyl halides is 3. The molecule has 1 amide bonds. The molecule has 0 radical (unpaired) electrons. The molecule has 156 valence electrons. The summed E-state index contributed by atoms with van der Waals surface area (Å²) in [6.07, 6.45) is 0.109. The standard InChI is InChI=1S/C20H22F3N3O3/c1-2-29-19(28)16-13-24-26(17(16)20(21,22)23)15-9-7-14(8-10-15)18(27)25-11-5-3-4-6-12-25/h7-10,13H,2-6,11-12H2,1H3. The van der Waals surface area contributed by atoms with Crippen molar-refractivity contribution in [2.75, 3.05) is 19.7 Å². The van der Waals surface area contributed by atoms with E-state index in [0.717, 1.165) is 31.9 Å². The predicted octanol–water partition coefficient (Wildman–Crippen LogP) is 4.08. The number of ether oxygens (including phenoxy) is 1. The molecule has 0 saturated carbocycles. The van der Waals surface area contributed by atoms with E-state index >= 15 is 0 Å². The average Bonchev–Trinajstić information content (AvgIpc) is 2.97. The van der Waals surface area contributed by atoms with Gasteiger partial charge in [0, 0.05) is 18.7 Å². The number of nitrogens with zero attached hydrogens (tertiary/aromatic N) is 3. The van der Waals surface area contributed by atoms with E-state index in [2.05, 4.69) is 5.10 Å². The molecular formula is C20H22F3N3O3. The third-order valence-corrected chi connectivity index (χ3v) is 4.79. The van der Waals surface area contributed by atoms with Gasteiger partial charge in [0.15, 0.2) is 5.69 Å². The first-order valence-electron chi connectivity index (χ1n) is 9.55. The monoisotopic (exact) mass is 409 g/mol. The minimum Gasteiger partial charge on any atom is -0.462 e. The third-order valence-electron chi connectivity index (χ3n) is 4.79. The van der Waals surface area contributed by atoms with Crippen LogP contribution in [0.2, 0.25) is 0 Å². The van der Waals surface area contributed by atoms with Gasteiger partial charge >= 0.3 is 12.1 Å². The SMILES string of the molecule is CCOC(=O)c1cnn(-c2ccc(C(=O)N3CCCCCC3)cc2)c1C(F)(F)F. The van der Waals surface area contributed by atoms with Crippen LogP contribution in [0, 0.1) is 0 Å². The number of hydrogen-bond donors (Lipinski definition) is 0. The van der Waals surface area contributed by atoms with Gasteiger partial charge in [-0.1, -0.05) is 12.8 Å². The topological polar surface area (TPSA) is 64.4 Å². The first-order chi connectivity index (χ1) is 13.8. The summed E-state index contributed by atoms with van der Waals surface area (Å²) >= 11 is 0. The maximum atomic E-state index is 13.6. The summed E-state index contributed by atoms with van der Waals surface area (Å²) in [7, 11) is 0. The number of hydrogen-bond acceptors (Lipinski definition) is 4. The van der Waals surface area contributed by atoms with Crippen molar-refractivity contribution < 1.29 is 27.5 Å². The van der Waals surface area contributed by atoms with E-state index in [1.807, 2.05) is 0 Å². The highest BCUT2D eigenvalue weighted by molar-refractivity contribution is 5.94. The summed E-state index contributed by atoms with van der Waals surface area (Å²) in [5.41, 5.74) is -1.35. The molecule has 29 heavy (non-hydrogen) atoms. The fourth-order valence-corrected chi connectivity index (χ4v) is 3.38. The summed E-state index contributed by atoms with van der Waals surface area (Å²) < 4.78 is 46.1. The first-order valence-corrected chi connectivity index (χ1v) is 9.55. The lowest BCUT2D eigenvalue weighted by molar-refractivity contribution is -0.143. The van der Waals surface area contributed by atoms with Crippen molar-refractivity contribution in [3.63, 3.8) is 0 Å². The van der Waals surface area contributed by atoms with Gasteiger partial charge in [-0.15, -0.1) is 0 Å². The number of amides is 1. The second kappa shape index (κ2) is 8.67. The fraction of sp³-hybridized carbons (Fsp3) is 0.450. The minimum absolute atomic E-state index is 0.0470. The highest BCUT2D eigenvalue weighted by Gasteiger charge is 2.41. The maximum absolute atomic E-state index is 13.6. The molecule has 6 nitrogen and oxygen atoms in total. The molecule has 1 aromatic carbocycles. The highest BCUT2D eigenvalue weighted by atomic mass is 19.4. The van der Waals surface area contributed by atoms with E-state index in [1.54, 1.807) is 4.90 Å². The van der Waals surface area contributed by atoms with E-state index in [-0.39, 0.29) is 18.2 Å². The number of carbonyl (C=O) groups excluding carboxylic acids is 2. The lowest BCUT2D eigenvalue weighted by Crippen LogP contribution is -2.31. The van der Waals surface area contributed by atoms with Gasteiger partial charge in [-0.05, 0) is 44.0 Å². The molecular weight excluding hydrogens is 387 g/mol. The maximum Gasteiger partial charge on any atom is 0.434 e. The van der Waals surface area contributed by atoms with E-state index < -0.39 is 23.4 Å². The first kappa shape index (κ1) is 20.9. The van der Waals surface area contributed by atoms with Gasteiger partial charge in [0.25, 0.3) is 5.91 Å². The predicted molar refractivity (Wildman–Crippen MR) is 98.9 cm³/mol. The fourth-order valence-electron chi connectivity index (χ4n) is 3.38. The van der Waals surface area contributed by atoms with Gasteiger partial charge in [-0.25, -0.2) is 9.48 Å². The van der Waals surface area contributed by atoms with Crippen LogP contribution < -0.4 is 0 Å². The summed E-state index contributed by atoms with van der Waals surface area (Å²) in [6.45, 7) is 2.83. The Morgan fingerprint density at radius 1 is 1.07 bits per heavy atom. The van der Waals surface area contributed by atoms with Crippen LogP contribution in [0.5, 0.6) is 0 Å². The van der Waals surface area contributed by atoms with Crippen LogP contribution in [0.4, 0.5) is 13.2 Å². The number of rotatable bonds is 4. The van der Waals surface area contributed by atoms with Crippen molar-refractivity contribution in [3.05, 3.63) is 47.3 Å². The smallest absolute Gasteiger partial charge is 0.434 e. The van der Waals surface area contributed by atoms with Gasteiger partial charge in [0.2, 0.25) is 0 Å². The van der Waals surface area contributed by atoms with Gasteiger partial charge < -0.3 is 9.64 Å². The Balaban J connectivity index is 1.89. The summed E-state index contributed by atoms with van der Waals surface area (Å²) in [4.78, 5) is 26.3.